The number of halogens is 2. The Bertz CT molecular complexity index is 1200. The molecule has 0 saturated heterocycles. The quantitative estimate of drug-likeness (QED) is 0.331. The first-order chi connectivity index (χ1) is 14.5. The first-order valence-electron chi connectivity index (χ1n) is 9.90. The third kappa shape index (κ3) is 4.56. The lowest BCUT2D eigenvalue weighted by atomic mass is 10.1. The molecular weight excluding hydrogens is 413 g/mol. The first kappa shape index (κ1) is 20.6. The zero-order valence-electron chi connectivity index (χ0n) is 17.0. The molecule has 0 bridgehead atoms. The molecule has 1 N–H and O–H groups in total. The maximum absolute atomic E-state index is 6.51. The van der Waals surface area contributed by atoms with Crippen molar-refractivity contribution in [2.45, 2.75) is 27.0 Å². The van der Waals surface area contributed by atoms with Crippen molar-refractivity contribution in [1.29, 1.82) is 0 Å². The molecule has 152 valence electrons. The van der Waals surface area contributed by atoms with Gasteiger partial charge in [0.2, 0.25) is 0 Å². The number of benzene rings is 4. The van der Waals surface area contributed by atoms with Crippen LogP contribution >= 0.6 is 23.2 Å². The maximum atomic E-state index is 6.51. The summed E-state index contributed by atoms with van der Waals surface area (Å²) in [5.74, 6) is 0.658. The van der Waals surface area contributed by atoms with Gasteiger partial charge in [-0.05, 0) is 65.6 Å². The molecule has 0 unspecified atom stereocenters. The van der Waals surface area contributed by atoms with Crippen molar-refractivity contribution >= 4 is 39.7 Å². The van der Waals surface area contributed by atoms with E-state index in [2.05, 4.69) is 61.6 Å². The number of hydrogen-bond acceptors (Lipinski definition) is 2. The summed E-state index contributed by atoms with van der Waals surface area (Å²) < 4.78 is 6.22. The van der Waals surface area contributed by atoms with Gasteiger partial charge in [-0.3, -0.25) is 0 Å². The monoisotopic (exact) mass is 435 g/mol. The maximum Gasteiger partial charge on any atom is 0.143 e. The van der Waals surface area contributed by atoms with Crippen LogP contribution in [0.1, 0.15) is 22.3 Å². The van der Waals surface area contributed by atoms with Gasteiger partial charge in [-0.1, -0.05) is 71.7 Å². The summed E-state index contributed by atoms with van der Waals surface area (Å²) in [6.45, 7) is 5.21. The Morgan fingerprint density at radius 1 is 0.800 bits per heavy atom. The summed E-state index contributed by atoms with van der Waals surface area (Å²) in [5.41, 5.74) is 5.61. The summed E-state index contributed by atoms with van der Waals surface area (Å²) in [5, 5.41) is 6.93. The van der Waals surface area contributed by atoms with E-state index in [1.807, 2.05) is 24.3 Å². The molecule has 4 heteroatoms. The smallest absolute Gasteiger partial charge is 0.143 e. The predicted octanol–water partition coefficient (Wildman–Crippen LogP) is 7.95. The molecule has 0 aliphatic rings. The minimum absolute atomic E-state index is 0.430. The van der Waals surface area contributed by atoms with E-state index in [-0.39, 0.29) is 0 Å². The van der Waals surface area contributed by atoms with Crippen LogP contribution in [0.3, 0.4) is 0 Å². The normalized spacial score (nSPS) is 10.9. The van der Waals surface area contributed by atoms with E-state index >= 15 is 0 Å². The molecular formula is C26H23Cl2NO. The van der Waals surface area contributed by atoms with Gasteiger partial charge in [-0.25, -0.2) is 0 Å². The summed E-state index contributed by atoms with van der Waals surface area (Å²) in [7, 11) is 0. The van der Waals surface area contributed by atoms with Crippen LogP contribution in [0.5, 0.6) is 5.75 Å². The third-order valence-corrected chi connectivity index (χ3v) is 5.83. The number of hydrogen-bond donors (Lipinski definition) is 1. The molecule has 0 radical (unpaired) electrons. The van der Waals surface area contributed by atoms with Crippen LogP contribution in [0.4, 0.5) is 5.69 Å². The van der Waals surface area contributed by atoms with Gasteiger partial charge in [0.1, 0.15) is 12.4 Å². The molecule has 0 aliphatic carbocycles. The van der Waals surface area contributed by atoms with E-state index in [9.17, 15) is 0 Å². The Hall–Kier alpha value is -2.68. The van der Waals surface area contributed by atoms with Crippen molar-refractivity contribution in [3.8, 4) is 5.75 Å². The molecule has 4 aromatic carbocycles. The number of rotatable bonds is 6. The lowest BCUT2D eigenvalue weighted by Gasteiger charge is -2.16. The van der Waals surface area contributed by atoms with E-state index in [0.717, 1.165) is 16.8 Å². The zero-order chi connectivity index (χ0) is 21.1. The van der Waals surface area contributed by atoms with Gasteiger partial charge < -0.3 is 10.1 Å². The largest absolute Gasteiger partial charge is 0.487 e. The second-order valence-electron chi connectivity index (χ2n) is 7.46. The predicted molar refractivity (Wildman–Crippen MR) is 128 cm³/mol. The Kier molecular flexibility index (Phi) is 6.17. The van der Waals surface area contributed by atoms with Gasteiger partial charge in [0, 0.05) is 22.8 Å². The fourth-order valence-corrected chi connectivity index (χ4v) is 4.11. The topological polar surface area (TPSA) is 21.3 Å². The molecule has 4 rings (SSSR count). The number of nitrogens with one attached hydrogen (secondary N) is 1. The fraction of sp³-hybridized carbons (Fsp3) is 0.154. The van der Waals surface area contributed by atoms with Crippen LogP contribution < -0.4 is 10.1 Å². The molecule has 0 aliphatic heterocycles. The molecule has 0 heterocycles. The van der Waals surface area contributed by atoms with E-state index in [1.165, 1.54) is 21.9 Å². The standard InChI is InChI=1S/C26H23Cl2NO/c1-17-10-11-23(12-18(17)2)29-15-21-13-22(27)14-25(28)26(21)30-16-20-8-5-7-19-6-3-4-9-24(19)20/h3-14,29H,15-16H2,1-2H3. The Balaban J connectivity index is 1.57. The lowest BCUT2D eigenvalue weighted by Crippen LogP contribution is -2.05. The van der Waals surface area contributed by atoms with E-state index in [1.54, 1.807) is 6.07 Å². The minimum Gasteiger partial charge on any atom is -0.487 e. The molecule has 0 aromatic heterocycles. The van der Waals surface area contributed by atoms with Crippen LogP contribution in [0.2, 0.25) is 10.0 Å². The molecule has 0 fully saturated rings. The number of fused-ring (bicyclic) bond motifs is 1. The summed E-state index contributed by atoms with van der Waals surface area (Å²) in [4.78, 5) is 0. The average molecular weight is 436 g/mol. The highest BCUT2D eigenvalue weighted by molar-refractivity contribution is 6.35. The van der Waals surface area contributed by atoms with Gasteiger partial charge in [0.25, 0.3) is 0 Å². The van der Waals surface area contributed by atoms with Crippen LogP contribution in [-0.2, 0) is 13.2 Å². The van der Waals surface area contributed by atoms with Gasteiger partial charge in [0.05, 0.1) is 5.02 Å². The third-order valence-electron chi connectivity index (χ3n) is 5.33. The Labute approximate surface area is 187 Å². The molecule has 0 atom stereocenters. The van der Waals surface area contributed by atoms with Gasteiger partial charge in [0.15, 0.2) is 0 Å². The van der Waals surface area contributed by atoms with Gasteiger partial charge in [-0.15, -0.1) is 0 Å². The van der Waals surface area contributed by atoms with Gasteiger partial charge in [-0.2, -0.15) is 0 Å². The number of aryl methyl sites for hydroxylation is 2. The van der Waals surface area contributed by atoms with Crippen molar-refractivity contribution in [3.63, 3.8) is 0 Å². The van der Waals surface area contributed by atoms with Gasteiger partial charge >= 0.3 is 0 Å². The average Bonchev–Trinajstić information content (AvgIpc) is 2.74. The highest BCUT2D eigenvalue weighted by Crippen LogP contribution is 2.34. The van der Waals surface area contributed by atoms with Crippen molar-refractivity contribution in [2.24, 2.45) is 0 Å². The minimum atomic E-state index is 0.430. The van der Waals surface area contributed by atoms with Crippen molar-refractivity contribution in [3.05, 3.63) is 105 Å². The summed E-state index contributed by atoms with van der Waals surface area (Å²) in [6, 6.07) is 24.5. The molecule has 2 nitrogen and oxygen atoms in total. The molecule has 30 heavy (non-hydrogen) atoms. The van der Waals surface area contributed by atoms with Crippen LogP contribution in [0.15, 0.2) is 72.8 Å². The summed E-state index contributed by atoms with van der Waals surface area (Å²) >= 11 is 12.8. The van der Waals surface area contributed by atoms with E-state index in [4.69, 9.17) is 27.9 Å². The van der Waals surface area contributed by atoms with E-state index < -0.39 is 0 Å². The zero-order valence-corrected chi connectivity index (χ0v) is 18.5. The van der Waals surface area contributed by atoms with Crippen molar-refractivity contribution in [1.82, 2.24) is 0 Å². The first-order valence-corrected chi connectivity index (χ1v) is 10.7. The van der Waals surface area contributed by atoms with Crippen molar-refractivity contribution in [2.75, 3.05) is 5.32 Å². The van der Waals surface area contributed by atoms with Crippen LogP contribution in [-0.4, -0.2) is 0 Å². The molecule has 0 spiro atoms. The van der Waals surface area contributed by atoms with Crippen LogP contribution in [0.25, 0.3) is 10.8 Å². The molecule has 0 amide bonds. The SMILES string of the molecule is Cc1ccc(NCc2cc(Cl)cc(Cl)c2OCc2cccc3ccccc23)cc1C. The second kappa shape index (κ2) is 8.99. The van der Waals surface area contributed by atoms with Crippen LogP contribution in [0, 0.1) is 13.8 Å². The molecule has 4 aromatic rings. The number of ether oxygens (including phenoxy) is 1. The molecule has 0 saturated carbocycles. The Morgan fingerprint density at radius 3 is 2.43 bits per heavy atom. The lowest BCUT2D eigenvalue weighted by molar-refractivity contribution is 0.305. The van der Waals surface area contributed by atoms with Crippen molar-refractivity contribution < 1.29 is 4.74 Å². The fourth-order valence-electron chi connectivity index (χ4n) is 3.52. The highest BCUT2D eigenvalue weighted by Gasteiger charge is 2.12. The Morgan fingerprint density at radius 2 is 1.60 bits per heavy atom. The second-order valence-corrected chi connectivity index (χ2v) is 8.30. The highest BCUT2D eigenvalue weighted by atomic mass is 35.5. The van der Waals surface area contributed by atoms with E-state index in [0.29, 0.717) is 28.9 Å². The number of anilines is 1. The summed E-state index contributed by atoms with van der Waals surface area (Å²) in [6.07, 6.45) is 0.